The van der Waals surface area contributed by atoms with Gasteiger partial charge in [0, 0.05) is 57.3 Å². The van der Waals surface area contributed by atoms with Gasteiger partial charge in [0.25, 0.3) is 0 Å². The van der Waals surface area contributed by atoms with Gasteiger partial charge in [0.1, 0.15) is 5.82 Å². The van der Waals surface area contributed by atoms with Crippen molar-refractivity contribution in [3.8, 4) is 0 Å². The van der Waals surface area contributed by atoms with Crippen molar-refractivity contribution in [3.05, 3.63) is 48.3 Å². The Morgan fingerprint density at radius 2 is 2.23 bits per heavy atom. The molecule has 3 heterocycles. The molecule has 0 radical (unpaired) electrons. The first-order chi connectivity index (χ1) is 12.6. The Kier molecular flexibility index (Phi) is 5.65. The zero-order valence-electron chi connectivity index (χ0n) is 15.3. The van der Waals surface area contributed by atoms with Gasteiger partial charge >= 0.3 is 0 Å². The van der Waals surface area contributed by atoms with Crippen LogP contribution in [-0.4, -0.2) is 44.3 Å². The summed E-state index contributed by atoms with van der Waals surface area (Å²) in [5.74, 6) is 1.13. The number of aromatic nitrogens is 3. The van der Waals surface area contributed by atoms with Crippen LogP contribution in [0, 0.1) is 5.92 Å². The summed E-state index contributed by atoms with van der Waals surface area (Å²) in [7, 11) is 1.94. The summed E-state index contributed by atoms with van der Waals surface area (Å²) >= 11 is 0. The van der Waals surface area contributed by atoms with Crippen LogP contribution in [-0.2, 0) is 23.1 Å². The minimum Gasteiger partial charge on any atom is -0.355 e. The number of amides is 2. The van der Waals surface area contributed by atoms with Crippen LogP contribution < -0.4 is 5.32 Å². The highest BCUT2D eigenvalue weighted by Gasteiger charge is 2.38. The fraction of sp³-hybridized carbons (Fsp3) is 0.474. The maximum atomic E-state index is 12.4. The molecule has 1 N–H and O–H groups in total. The van der Waals surface area contributed by atoms with E-state index in [-0.39, 0.29) is 23.8 Å². The van der Waals surface area contributed by atoms with E-state index in [4.69, 9.17) is 0 Å². The fourth-order valence-corrected chi connectivity index (χ4v) is 3.61. The molecular weight excluding hydrogens is 330 g/mol. The van der Waals surface area contributed by atoms with Crippen LogP contribution in [0.4, 0.5) is 0 Å². The second kappa shape index (κ2) is 8.12. The molecule has 0 spiro atoms. The van der Waals surface area contributed by atoms with Crippen molar-refractivity contribution in [2.75, 3.05) is 13.1 Å². The molecule has 0 aromatic carbocycles. The average molecular weight is 355 g/mol. The van der Waals surface area contributed by atoms with Gasteiger partial charge in [-0.05, 0) is 25.0 Å². The van der Waals surface area contributed by atoms with Crippen LogP contribution in [0.25, 0.3) is 0 Å². The Morgan fingerprint density at radius 1 is 1.38 bits per heavy atom. The lowest BCUT2D eigenvalue weighted by Gasteiger charge is -2.40. The third-order valence-corrected chi connectivity index (χ3v) is 4.94. The molecule has 1 saturated heterocycles. The molecular formula is C19H25N5O2. The average Bonchev–Trinajstić information content (AvgIpc) is 3.06. The quantitative estimate of drug-likeness (QED) is 0.851. The summed E-state index contributed by atoms with van der Waals surface area (Å²) < 4.78 is 1.95. The smallest absolute Gasteiger partial charge is 0.224 e. The Hall–Kier alpha value is -2.70. The molecule has 138 valence electrons. The topological polar surface area (TPSA) is 80.1 Å². The molecule has 1 aliphatic heterocycles. The monoisotopic (exact) mass is 355 g/mol. The first-order valence-corrected chi connectivity index (χ1v) is 9.02. The number of pyridine rings is 1. The number of imidazole rings is 1. The summed E-state index contributed by atoms with van der Waals surface area (Å²) in [6, 6.07) is 3.60. The Labute approximate surface area is 153 Å². The summed E-state index contributed by atoms with van der Waals surface area (Å²) in [5, 5.41) is 3.03. The fourth-order valence-electron chi connectivity index (χ4n) is 3.61. The van der Waals surface area contributed by atoms with Crippen molar-refractivity contribution >= 4 is 11.8 Å². The number of piperidine rings is 1. The largest absolute Gasteiger partial charge is 0.355 e. The van der Waals surface area contributed by atoms with Crippen LogP contribution in [0.5, 0.6) is 0 Å². The van der Waals surface area contributed by atoms with E-state index in [0.29, 0.717) is 25.9 Å². The highest BCUT2D eigenvalue weighted by molar-refractivity contribution is 5.79. The number of hydrogen-bond donors (Lipinski definition) is 1. The van der Waals surface area contributed by atoms with E-state index in [0.717, 1.165) is 17.8 Å². The number of carbonyl (C=O) groups excluding carboxylic acids is 2. The van der Waals surface area contributed by atoms with Gasteiger partial charge in [-0.1, -0.05) is 6.07 Å². The van der Waals surface area contributed by atoms with E-state index < -0.39 is 0 Å². The second-order valence-electron chi connectivity index (χ2n) is 6.66. The van der Waals surface area contributed by atoms with Crippen molar-refractivity contribution < 1.29 is 9.59 Å². The van der Waals surface area contributed by atoms with Gasteiger partial charge in [-0.25, -0.2) is 4.98 Å². The lowest BCUT2D eigenvalue weighted by molar-refractivity contribution is -0.139. The molecule has 1 fully saturated rings. The van der Waals surface area contributed by atoms with Crippen molar-refractivity contribution in [3.63, 3.8) is 0 Å². The van der Waals surface area contributed by atoms with Crippen molar-refractivity contribution in [2.45, 2.75) is 32.2 Å². The molecule has 2 aromatic heterocycles. The molecule has 0 saturated carbocycles. The van der Waals surface area contributed by atoms with Gasteiger partial charge in [-0.2, -0.15) is 0 Å². The number of carbonyl (C=O) groups is 2. The summed E-state index contributed by atoms with van der Waals surface area (Å²) in [5.41, 5.74) is 0.889. The van der Waals surface area contributed by atoms with Crippen LogP contribution in [0.1, 0.15) is 37.2 Å². The van der Waals surface area contributed by atoms with Gasteiger partial charge in [0.15, 0.2) is 0 Å². The molecule has 3 rings (SSSR count). The van der Waals surface area contributed by atoms with Gasteiger partial charge in [-0.3, -0.25) is 14.6 Å². The first kappa shape index (κ1) is 18.1. The van der Waals surface area contributed by atoms with Crippen molar-refractivity contribution in [1.82, 2.24) is 24.8 Å². The van der Waals surface area contributed by atoms with E-state index in [9.17, 15) is 9.59 Å². The lowest BCUT2D eigenvalue weighted by Crippen LogP contribution is -2.47. The molecule has 7 heteroatoms. The summed E-state index contributed by atoms with van der Waals surface area (Å²) in [6.07, 6.45) is 8.61. The third-order valence-electron chi connectivity index (χ3n) is 4.94. The number of nitrogens with one attached hydrogen (secondary N) is 1. The number of aryl methyl sites for hydroxylation is 1. The van der Waals surface area contributed by atoms with Crippen molar-refractivity contribution in [2.24, 2.45) is 13.0 Å². The molecule has 2 atom stereocenters. The zero-order chi connectivity index (χ0) is 18.5. The van der Waals surface area contributed by atoms with Gasteiger partial charge < -0.3 is 14.8 Å². The van der Waals surface area contributed by atoms with Crippen LogP contribution in [0.3, 0.4) is 0 Å². The maximum absolute atomic E-state index is 12.4. The minimum absolute atomic E-state index is 0.0310. The normalized spacial score (nSPS) is 20.2. The Balaban J connectivity index is 1.69. The number of hydrogen-bond acceptors (Lipinski definition) is 4. The van der Waals surface area contributed by atoms with Gasteiger partial charge in [0.05, 0.1) is 12.5 Å². The molecule has 1 aliphatic rings. The highest BCUT2D eigenvalue weighted by atomic mass is 16.2. The standard InChI is InChI=1S/C19H25N5O2/c1-3-24-17(26)7-6-15(18(24)19-21-9-10-23(19)2)13-22-16(25)11-14-5-4-8-20-12-14/h4-5,8-10,12,15,18H,3,6-7,11,13H2,1-2H3,(H,22,25)/t15-,18+/m1/s1. The highest BCUT2D eigenvalue weighted by Crippen LogP contribution is 2.35. The Morgan fingerprint density at radius 3 is 2.88 bits per heavy atom. The lowest BCUT2D eigenvalue weighted by atomic mass is 9.87. The van der Waals surface area contributed by atoms with E-state index in [1.54, 1.807) is 18.6 Å². The SMILES string of the molecule is CCN1C(=O)CC[C@H](CNC(=O)Cc2cccnc2)[C@H]1c1nccn1C. The van der Waals surface area contributed by atoms with Gasteiger partial charge in [0.2, 0.25) is 11.8 Å². The predicted molar refractivity (Wildman–Crippen MR) is 97.0 cm³/mol. The molecule has 0 aliphatic carbocycles. The van der Waals surface area contributed by atoms with E-state index in [1.807, 2.05) is 41.8 Å². The molecule has 2 amide bonds. The third kappa shape index (κ3) is 3.92. The summed E-state index contributed by atoms with van der Waals surface area (Å²) in [6.45, 7) is 3.15. The van der Waals surface area contributed by atoms with Crippen LogP contribution in [0.15, 0.2) is 36.9 Å². The Bertz CT molecular complexity index is 758. The summed E-state index contributed by atoms with van der Waals surface area (Å²) in [4.78, 5) is 35.0. The maximum Gasteiger partial charge on any atom is 0.224 e. The second-order valence-corrected chi connectivity index (χ2v) is 6.66. The van der Waals surface area contributed by atoms with Crippen LogP contribution >= 0.6 is 0 Å². The molecule has 26 heavy (non-hydrogen) atoms. The first-order valence-electron chi connectivity index (χ1n) is 9.02. The number of nitrogens with zero attached hydrogens (tertiary/aromatic N) is 4. The van der Waals surface area contributed by atoms with Crippen LogP contribution in [0.2, 0.25) is 0 Å². The molecule has 0 bridgehead atoms. The van der Waals surface area contributed by atoms with Gasteiger partial charge in [-0.15, -0.1) is 0 Å². The molecule has 0 unspecified atom stereocenters. The minimum atomic E-state index is -0.111. The zero-order valence-corrected chi connectivity index (χ0v) is 15.3. The predicted octanol–water partition coefficient (Wildman–Crippen LogP) is 1.47. The molecule has 7 nitrogen and oxygen atoms in total. The van der Waals surface area contributed by atoms with E-state index in [2.05, 4.69) is 15.3 Å². The van der Waals surface area contributed by atoms with E-state index >= 15 is 0 Å². The van der Waals surface area contributed by atoms with Crippen molar-refractivity contribution in [1.29, 1.82) is 0 Å². The number of rotatable bonds is 6. The van der Waals surface area contributed by atoms with E-state index in [1.165, 1.54) is 0 Å². The molecule has 2 aromatic rings. The number of likely N-dealkylation sites (tertiary alicyclic amines) is 1.